The highest BCUT2D eigenvalue weighted by atomic mass is 79.9. The van der Waals surface area contributed by atoms with Gasteiger partial charge in [-0.25, -0.2) is 0 Å². The van der Waals surface area contributed by atoms with Crippen molar-refractivity contribution in [3.05, 3.63) is 58.5 Å². The van der Waals surface area contributed by atoms with Gasteiger partial charge in [0.05, 0.1) is 18.7 Å². The van der Waals surface area contributed by atoms with Gasteiger partial charge in [-0.3, -0.25) is 0 Å². The van der Waals surface area contributed by atoms with E-state index in [4.69, 9.17) is 4.42 Å². The van der Waals surface area contributed by atoms with Gasteiger partial charge < -0.3 is 4.42 Å². The van der Waals surface area contributed by atoms with Gasteiger partial charge >= 0.3 is 0 Å². The molecular formula is C12H9BrN2O. The smallest absolute Gasteiger partial charge is 0.146 e. The minimum atomic E-state index is 0.686. The second-order valence-corrected chi connectivity index (χ2v) is 3.98. The third-order valence-electron chi connectivity index (χ3n) is 1.85. The average Bonchev–Trinajstić information content (AvgIpc) is 2.77. The Labute approximate surface area is 102 Å². The lowest BCUT2D eigenvalue weighted by molar-refractivity contribution is 0.560. The van der Waals surface area contributed by atoms with E-state index in [1.165, 1.54) is 0 Å². The maximum absolute atomic E-state index is 5.07. The highest BCUT2D eigenvalue weighted by Gasteiger charge is 1.89. The first-order valence-corrected chi connectivity index (χ1v) is 5.49. The van der Waals surface area contributed by atoms with Crippen LogP contribution in [0.1, 0.15) is 11.3 Å². The van der Waals surface area contributed by atoms with Crippen LogP contribution in [0, 0.1) is 0 Å². The van der Waals surface area contributed by atoms with Crippen molar-refractivity contribution < 1.29 is 4.42 Å². The van der Waals surface area contributed by atoms with Crippen LogP contribution < -0.4 is 0 Å². The second kappa shape index (κ2) is 5.42. The molecule has 0 N–H and O–H groups in total. The molecule has 0 fully saturated rings. The highest BCUT2D eigenvalue weighted by molar-refractivity contribution is 9.10. The Morgan fingerprint density at radius 1 is 1.06 bits per heavy atom. The molecule has 1 heterocycles. The summed E-state index contributed by atoms with van der Waals surface area (Å²) in [5, 5.41) is 7.80. The molecule has 2 aromatic rings. The van der Waals surface area contributed by atoms with E-state index in [1.54, 1.807) is 24.8 Å². The van der Waals surface area contributed by atoms with Crippen molar-refractivity contribution in [2.75, 3.05) is 0 Å². The second-order valence-electron chi connectivity index (χ2n) is 3.06. The summed E-state index contributed by atoms with van der Waals surface area (Å²) in [6.07, 6.45) is 4.85. The molecule has 0 bridgehead atoms. The number of furan rings is 1. The van der Waals surface area contributed by atoms with Crippen molar-refractivity contribution in [3.8, 4) is 0 Å². The molecule has 1 aromatic carbocycles. The quantitative estimate of drug-likeness (QED) is 0.625. The molecule has 0 amide bonds. The van der Waals surface area contributed by atoms with Gasteiger partial charge in [-0.1, -0.05) is 28.1 Å². The first kappa shape index (κ1) is 10.8. The zero-order valence-corrected chi connectivity index (χ0v) is 9.96. The zero-order valence-electron chi connectivity index (χ0n) is 8.38. The predicted octanol–water partition coefficient (Wildman–Crippen LogP) is 3.50. The molecule has 3 nitrogen and oxygen atoms in total. The van der Waals surface area contributed by atoms with Crippen molar-refractivity contribution in [2.24, 2.45) is 10.2 Å². The van der Waals surface area contributed by atoms with Crippen LogP contribution in [0.4, 0.5) is 0 Å². The van der Waals surface area contributed by atoms with Crippen LogP contribution in [0.5, 0.6) is 0 Å². The third kappa shape index (κ3) is 3.17. The Bertz CT molecular complexity index is 503. The van der Waals surface area contributed by atoms with E-state index >= 15 is 0 Å². The number of halogens is 1. The molecule has 1 aromatic heterocycles. The summed E-state index contributed by atoms with van der Waals surface area (Å²) in [5.41, 5.74) is 0.992. The van der Waals surface area contributed by atoms with Gasteiger partial charge in [0.2, 0.25) is 0 Å². The highest BCUT2D eigenvalue weighted by Crippen LogP contribution is 2.09. The van der Waals surface area contributed by atoms with Crippen LogP contribution in [-0.2, 0) is 0 Å². The summed E-state index contributed by atoms with van der Waals surface area (Å²) in [4.78, 5) is 0. The van der Waals surface area contributed by atoms with Gasteiger partial charge in [0.25, 0.3) is 0 Å². The van der Waals surface area contributed by atoms with Gasteiger partial charge in [0.15, 0.2) is 0 Å². The molecule has 0 saturated carbocycles. The lowest BCUT2D eigenvalue weighted by atomic mass is 10.2. The summed E-state index contributed by atoms with van der Waals surface area (Å²) in [6, 6.07) is 11.4. The van der Waals surface area contributed by atoms with Crippen LogP contribution in [0.2, 0.25) is 0 Å². The van der Waals surface area contributed by atoms with Gasteiger partial charge in [0.1, 0.15) is 5.76 Å². The molecule has 0 saturated heterocycles. The molecular weight excluding hydrogens is 268 g/mol. The lowest BCUT2D eigenvalue weighted by Gasteiger charge is -1.91. The summed E-state index contributed by atoms with van der Waals surface area (Å²) in [5.74, 6) is 0.686. The molecule has 80 valence electrons. The van der Waals surface area contributed by atoms with E-state index < -0.39 is 0 Å². The Hall–Kier alpha value is -1.68. The molecule has 0 unspecified atom stereocenters. The minimum Gasteiger partial charge on any atom is -0.463 e. The Kier molecular flexibility index (Phi) is 3.66. The molecule has 0 spiro atoms. The number of benzene rings is 1. The zero-order chi connectivity index (χ0) is 11.2. The largest absolute Gasteiger partial charge is 0.463 e. The van der Waals surface area contributed by atoms with Gasteiger partial charge in [-0.2, -0.15) is 10.2 Å². The average molecular weight is 277 g/mol. The van der Waals surface area contributed by atoms with Crippen molar-refractivity contribution in [1.29, 1.82) is 0 Å². The van der Waals surface area contributed by atoms with Gasteiger partial charge in [0, 0.05) is 4.47 Å². The molecule has 2 rings (SSSR count). The molecule has 0 atom stereocenters. The molecule has 0 aliphatic rings. The van der Waals surface area contributed by atoms with E-state index in [9.17, 15) is 0 Å². The number of hydrogen-bond acceptors (Lipinski definition) is 3. The summed E-state index contributed by atoms with van der Waals surface area (Å²) >= 11 is 3.39. The fourth-order valence-corrected chi connectivity index (χ4v) is 1.56. The monoisotopic (exact) mass is 276 g/mol. The van der Waals surface area contributed by atoms with Gasteiger partial charge in [-0.15, -0.1) is 0 Å². The van der Waals surface area contributed by atoms with Crippen molar-refractivity contribution >= 4 is 28.4 Å². The Morgan fingerprint density at radius 3 is 2.69 bits per heavy atom. The molecule has 0 radical (unpaired) electrons. The first-order chi connectivity index (χ1) is 7.84. The minimum absolute atomic E-state index is 0.686. The maximum atomic E-state index is 5.07. The lowest BCUT2D eigenvalue weighted by Crippen LogP contribution is -1.79. The van der Waals surface area contributed by atoms with Crippen LogP contribution in [0.15, 0.2) is 61.8 Å². The molecule has 4 heteroatoms. The fourth-order valence-electron chi connectivity index (χ4n) is 1.14. The van der Waals surface area contributed by atoms with Crippen LogP contribution >= 0.6 is 15.9 Å². The summed E-state index contributed by atoms with van der Waals surface area (Å²) in [6.45, 7) is 0. The Balaban J connectivity index is 2.00. The normalized spacial score (nSPS) is 11.6. The van der Waals surface area contributed by atoms with Gasteiger partial charge in [-0.05, 0) is 29.8 Å². The van der Waals surface area contributed by atoms with E-state index in [-0.39, 0.29) is 0 Å². The maximum Gasteiger partial charge on any atom is 0.146 e. The molecule has 0 aliphatic carbocycles. The first-order valence-electron chi connectivity index (χ1n) is 4.70. The van der Waals surface area contributed by atoms with Crippen LogP contribution in [-0.4, -0.2) is 12.4 Å². The molecule has 16 heavy (non-hydrogen) atoms. The van der Waals surface area contributed by atoms with Crippen LogP contribution in [0.25, 0.3) is 0 Å². The summed E-state index contributed by atoms with van der Waals surface area (Å²) in [7, 11) is 0. The van der Waals surface area contributed by atoms with Crippen molar-refractivity contribution in [1.82, 2.24) is 0 Å². The van der Waals surface area contributed by atoms with Crippen molar-refractivity contribution in [2.45, 2.75) is 0 Å². The molecule has 0 aliphatic heterocycles. The van der Waals surface area contributed by atoms with E-state index in [1.807, 2.05) is 30.3 Å². The topological polar surface area (TPSA) is 37.9 Å². The van der Waals surface area contributed by atoms with E-state index in [2.05, 4.69) is 26.1 Å². The van der Waals surface area contributed by atoms with Crippen molar-refractivity contribution in [3.63, 3.8) is 0 Å². The van der Waals surface area contributed by atoms with E-state index in [0.29, 0.717) is 5.76 Å². The standard InChI is InChI=1S/C12H9BrN2O/c13-11-4-1-3-10(7-11)8-14-15-9-12-5-2-6-16-12/h1-9H/b14-8-,15-9+. The number of nitrogens with zero attached hydrogens (tertiary/aromatic N) is 2. The van der Waals surface area contributed by atoms with E-state index in [0.717, 1.165) is 10.0 Å². The Morgan fingerprint density at radius 2 is 1.94 bits per heavy atom. The predicted molar refractivity (Wildman–Crippen MR) is 68.0 cm³/mol. The number of rotatable bonds is 3. The van der Waals surface area contributed by atoms with Crippen LogP contribution in [0.3, 0.4) is 0 Å². The summed E-state index contributed by atoms with van der Waals surface area (Å²) < 4.78 is 6.09. The third-order valence-corrected chi connectivity index (χ3v) is 2.34. The fraction of sp³-hybridized carbons (Fsp3) is 0. The number of hydrogen-bond donors (Lipinski definition) is 0. The SMILES string of the molecule is Brc1cccc(/C=N\N=C\c2ccco2)c1.